The molecule has 0 aliphatic carbocycles. The molecule has 1 aromatic heterocycles. The van der Waals surface area contributed by atoms with Crippen LogP contribution in [0.25, 0.3) is 0 Å². The maximum atomic E-state index is 12.8. The van der Waals surface area contributed by atoms with Crippen molar-refractivity contribution in [2.75, 3.05) is 13.1 Å². The van der Waals surface area contributed by atoms with Crippen LogP contribution in [0.2, 0.25) is 0 Å². The van der Waals surface area contributed by atoms with Crippen molar-refractivity contribution < 1.29 is 22.7 Å². The highest BCUT2D eigenvalue weighted by Crippen LogP contribution is 2.22. The number of carbonyl (C=O) groups is 2. The van der Waals surface area contributed by atoms with Crippen LogP contribution in [0.1, 0.15) is 33.9 Å². The van der Waals surface area contributed by atoms with Crippen molar-refractivity contribution in [3.8, 4) is 0 Å². The number of rotatable bonds is 4. The Bertz CT molecular complexity index is 997. The van der Waals surface area contributed by atoms with Crippen LogP contribution in [0.5, 0.6) is 0 Å². The summed E-state index contributed by atoms with van der Waals surface area (Å²) >= 11 is 4.50. The quantitative estimate of drug-likeness (QED) is 0.625. The van der Waals surface area contributed by atoms with Gasteiger partial charge in [0.05, 0.1) is 25.8 Å². The van der Waals surface area contributed by atoms with Gasteiger partial charge in [0, 0.05) is 18.7 Å². The Labute approximate surface area is 181 Å². The Morgan fingerprint density at radius 2 is 1.62 bits per heavy atom. The van der Waals surface area contributed by atoms with E-state index in [1.807, 2.05) is 13.8 Å². The summed E-state index contributed by atoms with van der Waals surface area (Å²) < 4.78 is 33.5. The molecule has 3 rings (SSSR count). The van der Waals surface area contributed by atoms with E-state index in [0.29, 0.717) is 4.88 Å². The molecule has 0 bridgehead atoms. The number of hydrogen-bond acceptors (Lipinski definition) is 6. The molecule has 8 nitrogen and oxygen atoms in total. The predicted molar refractivity (Wildman–Crippen MR) is 112 cm³/mol. The van der Waals surface area contributed by atoms with E-state index < -0.39 is 21.8 Å². The number of ether oxygens (including phenoxy) is 1. The molecule has 0 spiro atoms. The van der Waals surface area contributed by atoms with Crippen molar-refractivity contribution in [2.24, 2.45) is 0 Å². The largest absolute Gasteiger partial charge is 0.373 e. The SMILES string of the molecule is CC1CN(S(=O)(=O)c2ccc(C(=O)NNC(=O)c3ccc(Br)s3)cc2)CC(C)O1. The summed E-state index contributed by atoms with van der Waals surface area (Å²) in [7, 11) is -3.68. The van der Waals surface area contributed by atoms with Gasteiger partial charge in [-0.15, -0.1) is 11.3 Å². The summed E-state index contributed by atoms with van der Waals surface area (Å²) in [5.74, 6) is -0.990. The Balaban J connectivity index is 1.64. The van der Waals surface area contributed by atoms with Crippen LogP contribution in [-0.4, -0.2) is 49.8 Å². The maximum Gasteiger partial charge on any atom is 0.279 e. The van der Waals surface area contributed by atoms with Gasteiger partial charge in [-0.1, -0.05) is 0 Å². The molecule has 2 N–H and O–H groups in total. The summed E-state index contributed by atoms with van der Waals surface area (Å²) in [4.78, 5) is 24.7. The van der Waals surface area contributed by atoms with Crippen LogP contribution in [0.4, 0.5) is 0 Å². The monoisotopic (exact) mass is 501 g/mol. The van der Waals surface area contributed by atoms with Crippen LogP contribution >= 0.6 is 27.3 Å². The molecule has 2 unspecified atom stereocenters. The van der Waals surface area contributed by atoms with Gasteiger partial charge in [0.1, 0.15) is 0 Å². The first-order valence-corrected chi connectivity index (χ1v) is 11.8. The van der Waals surface area contributed by atoms with Crippen LogP contribution in [0.15, 0.2) is 45.1 Å². The van der Waals surface area contributed by atoms with Gasteiger partial charge in [0.25, 0.3) is 11.8 Å². The normalized spacial score (nSPS) is 20.2. The number of morpholine rings is 1. The predicted octanol–water partition coefficient (Wildman–Crippen LogP) is 2.38. The molecule has 156 valence electrons. The van der Waals surface area contributed by atoms with E-state index in [1.165, 1.54) is 39.9 Å². The van der Waals surface area contributed by atoms with Crippen LogP contribution < -0.4 is 10.9 Å². The fourth-order valence-corrected chi connectivity index (χ4v) is 5.81. The van der Waals surface area contributed by atoms with Gasteiger partial charge in [0.15, 0.2) is 0 Å². The smallest absolute Gasteiger partial charge is 0.279 e. The molecule has 1 aliphatic rings. The van der Waals surface area contributed by atoms with Crippen LogP contribution in [0.3, 0.4) is 0 Å². The molecule has 2 aromatic rings. The summed E-state index contributed by atoms with van der Waals surface area (Å²) in [6, 6.07) is 8.94. The standard InChI is InChI=1S/C18H20BrN3O5S2/c1-11-9-22(10-12(2)27-11)29(25,26)14-5-3-13(4-6-14)17(23)20-21-18(24)15-7-8-16(19)28-15/h3-8,11-12H,9-10H2,1-2H3,(H,20,23)(H,21,24). The van der Waals surface area contributed by atoms with E-state index in [1.54, 1.807) is 12.1 Å². The molecule has 29 heavy (non-hydrogen) atoms. The van der Waals surface area contributed by atoms with Crippen molar-refractivity contribution in [2.45, 2.75) is 31.0 Å². The number of hydrogen-bond donors (Lipinski definition) is 2. The number of benzene rings is 1. The fourth-order valence-electron chi connectivity index (χ4n) is 2.94. The zero-order chi connectivity index (χ0) is 21.2. The van der Waals surface area contributed by atoms with Gasteiger partial charge >= 0.3 is 0 Å². The average molecular weight is 502 g/mol. The molecular weight excluding hydrogens is 482 g/mol. The average Bonchev–Trinajstić information content (AvgIpc) is 3.11. The zero-order valence-electron chi connectivity index (χ0n) is 15.7. The molecule has 2 atom stereocenters. The zero-order valence-corrected chi connectivity index (χ0v) is 18.9. The van der Waals surface area contributed by atoms with Gasteiger partial charge < -0.3 is 4.74 Å². The highest BCUT2D eigenvalue weighted by molar-refractivity contribution is 9.11. The number of nitrogens with zero attached hydrogens (tertiary/aromatic N) is 1. The molecule has 1 saturated heterocycles. The first-order chi connectivity index (χ1) is 13.7. The highest BCUT2D eigenvalue weighted by Gasteiger charge is 2.32. The number of sulfonamides is 1. The second-order valence-electron chi connectivity index (χ2n) is 6.62. The third kappa shape index (κ3) is 5.23. The number of hydrazine groups is 1. The number of nitrogens with one attached hydrogen (secondary N) is 2. The van der Waals surface area contributed by atoms with E-state index in [2.05, 4.69) is 26.8 Å². The van der Waals surface area contributed by atoms with Crippen molar-refractivity contribution in [1.29, 1.82) is 0 Å². The second-order valence-corrected chi connectivity index (χ2v) is 11.0. The lowest BCUT2D eigenvalue weighted by molar-refractivity contribution is -0.0440. The van der Waals surface area contributed by atoms with Gasteiger partial charge in [-0.05, 0) is 66.2 Å². The number of amides is 2. The van der Waals surface area contributed by atoms with Crippen molar-refractivity contribution in [1.82, 2.24) is 15.2 Å². The molecule has 0 radical (unpaired) electrons. The van der Waals surface area contributed by atoms with E-state index in [-0.39, 0.29) is 35.8 Å². The second kappa shape index (κ2) is 8.92. The number of halogens is 1. The Hall–Kier alpha value is -1.79. The molecule has 1 aromatic carbocycles. The molecule has 11 heteroatoms. The van der Waals surface area contributed by atoms with Gasteiger partial charge in [-0.3, -0.25) is 20.4 Å². The molecular formula is C18H20BrN3O5S2. The molecule has 1 aliphatic heterocycles. The van der Waals surface area contributed by atoms with Crippen LogP contribution in [0, 0.1) is 0 Å². The van der Waals surface area contributed by atoms with Crippen molar-refractivity contribution in [3.63, 3.8) is 0 Å². The van der Waals surface area contributed by atoms with Gasteiger partial charge in [0.2, 0.25) is 10.0 Å². The van der Waals surface area contributed by atoms with Gasteiger partial charge in [-0.25, -0.2) is 8.42 Å². The minimum atomic E-state index is -3.68. The fraction of sp³-hybridized carbons (Fsp3) is 0.333. The topological polar surface area (TPSA) is 105 Å². The minimum absolute atomic E-state index is 0.0998. The maximum absolute atomic E-state index is 12.8. The van der Waals surface area contributed by atoms with Crippen molar-refractivity contribution in [3.05, 3.63) is 50.6 Å². The lowest BCUT2D eigenvalue weighted by Crippen LogP contribution is -2.48. The Morgan fingerprint density at radius 1 is 1.03 bits per heavy atom. The summed E-state index contributed by atoms with van der Waals surface area (Å²) in [5.41, 5.74) is 4.87. The van der Waals surface area contributed by atoms with E-state index in [9.17, 15) is 18.0 Å². The molecule has 0 saturated carbocycles. The van der Waals surface area contributed by atoms with Crippen LogP contribution in [-0.2, 0) is 14.8 Å². The number of thiophene rings is 1. The lowest BCUT2D eigenvalue weighted by Gasteiger charge is -2.34. The van der Waals surface area contributed by atoms with Crippen molar-refractivity contribution >= 4 is 49.1 Å². The highest BCUT2D eigenvalue weighted by atomic mass is 79.9. The number of carbonyl (C=O) groups excluding carboxylic acids is 2. The first-order valence-electron chi connectivity index (χ1n) is 8.78. The van der Waals surface area contributed by atoms with E-state index >= 15 is 0 Å². The Kier molecular flexibility index (Phi) is 6.74. The Morgan fingerprint density at radius 3 is 2.17 bits per heavy atom. The van der Waals surface area contributed by atoms with E-state index in [0.717, 1.165) is 3.79 Å². The first kappa shape index (κ1) is 21.9. The van der Waals surface area contributed by atoms with Gasteiger partial charge in [-0.2, -0.15) is 4.31 Å². The molecule has 2 heterocycles. The molecule has 1 fully saturated rings. The minimum Gasteiger partial charge on any atom is -0.373 e. The summed E-state index contributed by atoms with van der Waals surface area (Å²) in [5, 5.41) is 0. The summed E-state index contributed by atoms with van der Waals surface area (Å²) in [6.45, 7) is 4.21. The van der Waals surface area contributed by atoms with E-state index in [4.69, 9.17) is 4.74 Å². The lowest BCUT2D eigenvalue weighted by atomic mass is 10.2. The molecule has 2 amide bonds. The summed E-state index contributed by atoms with van der Waals surface area (Å²) in [6.07, 6.45) is -0.377. The third-order valence-electron chi connectivity index (χ3n) is 4.23. The third-order valence-corrected chi connectivity index (χ3v) is 7.70.